The fraction of sp³-hybridized carbons (Fsp3) is 0.333. The van der Waals surface area contributed by atoms with Crippen molar-refractivity contribution in [2.75, 3.05) is 34.0 Å². The number of ether oxygens (including phenoxy) is 3. The number of aromatic amines is 1. The van der Waals surface area contributed by atoms with Crippen molar-refractivity contribution in [1.82, 2.24) is 15.5 Å². The molecule has 1 amide bonds. The van der Waals surface area contributed by atoms with Crippen LogP contribution in [-0.4, -0.2) is 50.1 Å². The fourth-order valence-corrected chi connectivity index (χ4v) is 4.05. The molecule has 1 fully saturated rings. The first-order chi connectivity index (χ1) is 15.1. The van der Waals surface area contributed by atoms with Crippen LogP contribution in [0, 0.1) is 0 Å². The lowest BCUT2D eigenvalue weighted by molar-refractivity contribution is 0.0486. The number of benzene rings is 2. The minimum Gasteiger partial charge on any atom is -0.497 e. The molecule has 0 spiro atoms. The summed E-state index contributed by atoms with van der Waals surface area (Å²) in [6.45, 7) is 1.86. The monoisotopic (exact) mass is 421 g/mol. The van der Waals surface area contributed by atoms with Crippen LogP contribution in [0.1, 0.15) is 28.9 Å². The van der Waals surface area contributed by atoms with E-state index in [1.54, 1.807) is 20.3 Å². The van der Waals surface area contributed by atoms with Crippen LogP contribution in [0.3, 0.4) is 0 Å². The maximum absolute atomic E-state index is 12.9. The third kappa shape index (κ3) is 4.41. The minimum absolute atomic E-state index is 0.175. The molecule has 31 heavy (non-hydrogen) atoms. The van der Waals surface area contributed by atoms with E-state index in [0.29, 0.717) is 36.9 Å². The molecule has 4 rings (SSSR count). The highest BCUT2D eigenvalue weighted by Crippen LogP contribution is 2.35. The van der Waals surface area contributed by atoms with E-state index in [0.717, 1.165) is 24.2 Å². The second kappa shape index (κ2) is 9.22. The number of amides is 1. The van der Waals surface area contributed by atoms with E-state index in [9.17, 15) is 4.79 Å². The van der Waals surface area contributed by atoms with E-state index in [1.165, 1.54) is 5.56 Å². The molecule has 0 aliphatic carbocycles. The molecule has 0 saturated carbocycles. The molecule has 1 saturated heterocycles. The SMILES string of the molecule is COc1ccc(C2(CNC(=O)c3cc(-c4ccccc4OC)n[nH]3)CCOCC2)cc1. The molecule has 3 aromatic rings. The van der Waals surface area contributed by atoms with E-state index in [-0.39, 0.29) is 11.3 Å². The van der Waals surface area contributed by atoms with E-state index >= 15 is 0 Å². The molecule has 162 valence electrons. The van der Waals surface area contributed by atoms with Crippen molar-refractivity contribution in [3.05, 3.63) is 65.9 Å². The highest BCUT2D eigenvalue weighted by molar-refractivity contribution is 5.93. The number of methoxy groups -OCH3 is 2. The molecular formula is C24H27N3O4. The Labute approximate surface area is 181 Å². The molecule has 0 atom stereocenters. The Morgan fingerprint density at radius 3 is 2.55 bits per heavy atom. The van der Waals surface area contributed by atoms with Crippen LogP contribution in [0.5, 0.6) is 11.5 Å². The third-order valence-corrected chi connectivity index (χ3v) is 5.95. The Morgan fingerprint density at radius 2 is 1.84 bits per heavy atom. The van der Waals surface area contributed by atoms with Gasteiger partial charge >= 0.3 is 0 Å². The van der Waals surface area contributed by atoms with Gasteiger partial charge in [-0.3, -0.25) is 9.89 Å². The maximum Gasteiger partial charge on any atom is 0.269 e. The van der Waals surface area contributed by atoms with Gasteiger partial charge in [-0.2, -0.15) is 5.10 Å². The van der Waals surface area contributed by atoms with Crippen molar-refractivity contribution in [3.8, 4) is 22.8 Å². The summed E-state index contributed by atoms with van der Waals surface area (Å²) in [4.78, 5) is 12.9. The summed E-state index contributed by atoms with van der Waals surface area (Å²) in [5.74, 6) is 1.34. The van der Waals surface area contributed by atoms with Gasteiger partial charge in [-0.25, -0.2) is 0 Å². The molecule has 7 heteroatoms. The lowest BCUT2D eigenvalue weighted by atomic mass is 9.74. The third-order valence-electron chi connectivity index (χ3n) is 5.95. The smallest absolute Gasteiger partial charge is 0.269 e. The first-order valence-electron chi connectivity index (χ1n) is 10.3. The number of para-hydroxylation sites is 1. The number of nitrogens with zero attached hydrogens (tertiary/aromatic N) is 1. The number of nitrogens with one attached hydrogen (secondary N) is 2. The summed E-state index contributed by atoms with van der Waals surface area (Å²) in [5, 5.41) is 10.3. The van der Waals surface area contributed by atoms with Gasteiger partial charge in [0.05, 0.1) is 19.9 Å². The van der Waals surface area contributed by atoms with Gasteiger partial charge in [-0.15, -0.1) is 0 Å². The predicted octanol–water partition coefficient (Wildman–Crippen LogP) is 3.57. The van der Waals surface area contributed by atoms with Crippen LogP contribution in [0.4, 0.5) is 0 Å². The number of rotatable bonds is 7. The van der Waals surface area contributed by atoms with Crippen molar-refractivity contribution >= 4 is 5.91 Å². The Bertz CT molecular complexity index is 1020. The van der Waals surface area contributed by atoms with E-state index in [4.69, 9.17) is 14.2 Å². The van der Waals surface area contributed by atoms with Gasteiger partial charge < -0.3 is 19.5 Å². The average Bonchev–Trinajstić information content (AvgIpc) is 3.33. The van der Waals surface area contributed by atoms with E-state index < -0.39 is 0 Å². The number of H-pyrrole nitrogens is 1. The van der Waals surface area contributed by atoms with Crippen molar-refractivity contribution in [2.24, 2.45) is 0 Å². The molecule has 1 aromatic heterocycles. The molecule has 0 bridgehead atoms. The Kier molecular flexibility index (Phi) is 6.23. The molecule has 1 aliphatic heterocycles. The first kappa shape index (κ1) is 20.9. The number of hydrogen-bond donors (Lipinski definition) is 2. The standard InChI is InChI=1S/C24H27N3O4/c1-29-18-9-7-17(8-10-18)24(11-13-31-14-12-24)16-25-23(28)21-15-20(26-27-21)19-5-3-4-6-22(19)30-2/h3-10,15H,11-14,16H2,1-2H3,(H,25,28)(H,26,27). The van der Waals surface area contributed by atoms with Gasteiger partial charge in [0.2, 0.25) is 0 Å². The normalized spacial score (nSPS) is 15.3. The quantitative estimate of drug-likeness (QED) is 0.609. The van der Waals surface area contributed by atoms with Gasteiger partial charge in [0.25, 0.3) is 5.91 Å². The average molecular weight is 421 g/mol. The van der Waals surface area contributed by atoms with Crippen molar-refractivity contribution in [2.45, 2.75) is 18.3 Å². The van der Waals surface area contributed by atoms with Crippen LogP contribution < -0.4 is 14.8 Å². The zero-order chi connectivity index (χ0) is 21.7. The zero-order valence-electron chi connectivity index (χ0n) is 17.8. The number of hydrogen-bond acceptors (Lipinski definition) is 5. The summed E-state index contributed by atoms with van der Waals surface area (Å²) in [6, 6.07) is 17.4. The molecule has 2 heterocycles. The van der Waals surface area contributed by atoms with Crippen LogP contribution in [0.15, 0.2) is 54.6 Å². The van der Waals surface area contributed by atoms with Crippen molar-refractivity contribution in [1.29, 1.82) is 0 Å². The lowest BCUT2D eigenvalue weighted by Crippen LogP contribution is -2.44. The summed E-state index contributed by atoms with van der Waals surface area (Å²) < 4.78 is 16.3. The van der Waals surface area contributed by atoms with Crippen LogP contribution in [0.2, 0.25) is 0 Å². The Balaban J connectivity index is 1.50. The minimum atomic E-state index is -0.187. The van der Waals surface area contributed by atoms with Gasteiger partial charge in [-0.05, 0) is 48.7 Å². The fourth-order valence-electron chi connectivity index (χ4n) is 4.05. The lowest BCUT2D eigenvalue weighted by Gasteiger charge is -2.38. The predicted molar refractivity (Wildman–Crippen MR) is 118 cm³/mol. The topological polar surface area (TPSA) is 85.5 Å². The number of aromatic nitrogens is 2. The largest absolute Gasteiger partial charge is 0.497 e. The Hall–Kier alpha value is -3.32. The molecule has 2 N–H and O–H groups in total. The zero-order valence-corrected chi connectivity index (χ0v) is 17.8. The second-order valence-corrected chi connectivity index (χ2v) is 7.67. The van der Waals surface area contributed by atoms with Crippen LogP contribution in [0.25, 0.3) is 11.3 Å². The number of carbonyl (C=O) groups excluding carboxylic acids is 1. The number of carbonyl (C=O) groups is 1. The highest BCUT2D eigenvalue weighted by atomic mass is 16.5. The van der Waals surface area contributed by atoms with Gasteiger partial charge in [0.1, 0.15) is 17.2 Å². The highest BCUT2D eigenvalue weighted by Gasteiger charge is 2.35. The molecular weight excluding hydrogens is 394 g/mol. The summed E-state index contributed by atoms with van der Waals surface area (Å²) in [7, 11) is 3.27. The molecule has 2 aromatic carbocycles. The van der Waals surface area contributed by atoms with E-state index in [1.807, 2.05) is 36.4 Å². The van der Waals surface area contributed by atoms with Crippen molar-refractivity contribution in [3.63, 3.8) is 0 Å². The molecule has 0 radical (unpaired) electrons. The van der Waals surface area contributed by atoms with Crippen molar-refractivity contribution < 1.29 is 19.0 Å². The van der Waals surface area contributed by atoms with Crippen LogP contribution in [-0.2, 0) is 10.2 Å². The molecule has 1 aliphatic rings. The summed E-state index contributed by atoms with van der Waals surface area (Å²) in [5.41, 5.74) is 2.91. The van der Waals surface area contributed by atoms with Gasteiger partial charge in [0, 0.05) is 30.7 Å². The molecule has 7 nitrogen and oxygen atoms in total. The summed E-state index contributed by atoms with van der Waals surface area (Å²) >= 11 is 0. The molecule has 0 unspecified atom stereocenters. The van der Waals surface area contributed by atoms with Crippen LogP contribution >= 0.6 is 0 Å². The first-order valence-corrected chi connectivity index (χ1v) is 10.3. The van der Waals surface area contributed by atoms with E-state index in [2.05, 4.69) is 27.6 Å². The second-order valence-electron chi connectivity index (χ2n) is 7.67. The maximum atomic E-state index is 12.9. The van der Waals surface area contributed by atoms with Gasteiger partial charge in [-0.1, -0.05) is 24.3 Å². The Morgan fingerprint density at radius 1 is 1.10 bits per heavy atom. The van der Waals surface area contributed by atoms with Gasteiger partial charge in [0.15, 0.2) is 0 Å². The summed E-state index contributed by atoms with van der Waals surface area (Å²) in [6.07, 6.45) is 1.68.